The van der Waals surface area contributed by atoms with E-state index in [1.807, 2.05) is 6.92 Å². The lowest BCUT2D eigenvalue weighted by Crippen LogP contribution is -2.32. The van der Waals surface area contributed by atoms with Crippen molar-refractivity contribution in [1.29, 1.82) is 0 Å². The molecular formula is C7H13N. The Hall–Kier alpha value is -0.560. The molecule has 0 bridgehead atoms. The molecular weight excluding hydrogens is 98.1 g/mol. The molecule has 1 nitrogen and oxygen atoms in total. The van der Waals surface area contributed by atoms with Crippen molar-refractivity contribution in [3.05, 3.63) is 25.3 Å². The maximum Gasteiger partial charge on any atom is 0.0342 e. The average Bonchev–Trinajstić information content (AvgIpc) is 1.67. The molecule has 0 aliphatic heterocycles. The predicted molar refractivity (Wildman–Crippen MR) is 37.6 cm³/mol. The highest BCUT2D eigenvalue weighted by molar-refractivity contribution is 5.00. The van der Waals surface area contributed by atoms with E-state index >= 15 is 0 Å². The largest absolute Gasteiger partial charge is 0.322 e. The standard InChI is InChI=1S/C7H13N/c1-4-6-7(3,8)5-2/h4-5H,1-2,6,8H2,3H3. The van der Waals surface area contributed by atoms with E-state index in [1.165, 1.54) is 0 Å². The molecule has 1 heteroatoms. The smallest absolute Gasteiger partial charge is 0.0342 e. The van der Waals surface area contributed by atoms with Gasteiger partial charge in [0.25, 0.3) is 0 Å². The Morgan fingerprint density at radius 1 is 1.62 bits per heavy atom. The fourth-order valence-electron chi connectivity index (χ4n) is 0.394. The van der Waals surface area contributed by atoms with E-state index < -0.39 is 0 Å². The third-order valence-electron chi connectivity index (χ3n) is 1.05. The molecule has 2 N–H and O–H groups in total. The van der Waals surface area contributed by atoms with Gasteiger partial charge in [-0.2, -0.15) is 0 Å². The number of hydrogen-bond acceptors (Lipinski definition) is 1. The summed E-state index contributed by atoms with van der Waals surface area (Å²) in [5.41, 5.74) is 5.38. The van der Waals surface area contributed by atoms with E-state index in [0.29, 0.717) is 0 Å². The van der Waals surface area contributed by atoms with Crippen LogP contribution in [0.1, 0.15) is 13.3 Å². The van der Waals surface area contributed by atoms with Crippen molar-refractivity contribution in [2.24, 2.45) is 5.73 Å². The molecule has 1 unspecified atom stereocenters. The van der Waals surface area contributed by atoms with Crippen LogP contribution in [0.3, 0.4) is 0 Å². The fraction of sp³-hybridized carbons (Fsp3) is 0.429. The normalized spacial score (nSPS) is 16.8. The predicted octanol–water partition coefficient (Wildman–Crippen LogP) is 1.47. The van der Waals surface area contributed by atoms with Crippen molar-refractivity contribution in [3.63, 3.8) is 0 Å². The van der Waals surface area contributed by atoms with Crippen molar-refractivity contribution < 1.29 is 0 Å². The first kappa shape index (κ1) is 7.44. The summed E-state index contributed by atoms with van der Waals surface area (Å²) in [6.45, 7) is 9.06. The van der Waals surface area contributed by atoms with Crippen LogP contribution in [-0.2, 0) is 0 Å². The highest BCUT2D eigenvalue weighted by atomic mass is 14.7. The Morgan fingerprint density at radius 2 is 2.12 bits per heavy atom. The van der Waals surface area contributed by atoms with Gasteiger partial charge >= 0.3 is 0 Å². The van der Waals surface area contributed by atoms with Gasteiger partial charge in [-0.3, -0.25) is 0 Å². The van der Waals surface area contributed by atoms with Gasteiger partial charge in [0.05, 0.1) is 0 Å². The lowest BCUT2D eigenvalue weighted by atomic mass is 10.0. The van der Waals surface area contributed by atoms with Gasteiger partial charge in [-0.1, -0.05) is 12.2 Å². The molecule has 0 amide bonds. The van der Waals surface area contributed by atoms with Gasteiger partial charge in [-0.05, 0) is 13.3 Å². The first-order valence-electron chi connectivity index (χ1n) is 2.66. The first-order valence-corrected chi connectivity index (χ1v) is 2.66. The Kier molecular flexibility index (Phi) is 2.49. The summed E-state index contributed by atoms with van der Waals surface area (Å²) in [5.74, 6) is 0. The van der Waals surface area contributed by atoms with Crippen LogP contribution in [-0.4, -0.2) is 5.54 Å². The molecule has 0 radical (unpaired) electrons. The zero-order chi connectivity index (χ0) is 6.62. The minimum absolute atomic E-state index is 0.262. The molecule has 0 aromatic rings. The van der Waals surface area contributed by atoms with Crippen LogP contribution in [0.4, 0.5) is 0 Å². The molecule has 0 rings (SSSR count). The molecule has 0 spiro atoms. The van der Waals surface area contributed by atoms with Crippen LogP contribution in [0.5, 0.6) is 0 Å². The monoisotopic (exact) mass is 111 g/mol. The molecule has 0 aliphatic carbocycles. The van der Waals surface area contributed by atoms with Crippen LogP contribution in [0, 0.1) is 0 Å². The van der Waals surface area contributed by atoms with Crippen molar-refractivity contribution in [3.8, 4) is 0 Å². The fourth-order valence-corrected chi connectivity index (χ4v) is 0.394. The molecule has 0 saturated heterocycles. The van der Waals surface area contributed by atoms with Crippen LogP contribution in [0.2, 0.25) is 0 Å². The minimum atomic E-state index is -0.262. The Labute approximate surface area is 50.9 Å². The summed E-state index contributed by atoms with van der Waals surface area (Å²) in [7, 11) is 0. The van der Waals surface area contributed by atoms with E-state index in [1.54, 1.807) is 12.2 Å². The lowest BCUT2D eigenvalue weighted by molar-refractivity contribution is 0.597. The Bertz CT molecular complexity index is 92.6. The van der Waals surface area contributed by atoms with Crippen LogP contribution < -0.4 is 5.73 Å². The van der Waals surface area contributed by atoms with Gasteiger partial charge in [-0.15, -0.1) is 13.2 Å². The van der Waals surface area contributed by atoms with E-state index in [4.69, 9.17) is 5.73 Å². The Balaban J connectivity index is 3.70. The van der Waals surface area contributed by atoms with Gasteiger partial charge in [0.2, 0.25) is 0 Å². The zero-order valence-electron chi connectivity index (χ0n) is 5.35. The van der Waals surface area contributed by atoms with E-state index in [9.17, 15) is 0 Å². The average molecular weight is 111 g/mol. The summed E-state index contributed by atoms with van der Waals surface area (Å²) in [6.07, 6.45) is 4.31. The molecule has 0 fully saturated rings. The molecule has 0 heterocycles. The van der Waals surface area contributed by atoms with Crippen molar-refractivity contribution in [2.75, 3.05) is 0 Å². The van der Waals surface area contributed by atoms with Crippen LogP contribution in [0.25, 0.3) is 0 Å². The molecule has 1 atom stereocenters. The number of nitrogens with two attached hydrogens (primary N) is 1. The second-order valence-electron chi connectivity index (χ2n) is 2.20. The van der Waals surface area contributed by atoms with Gasteiger partial charge < -0.3 is 5.73 Å². The molecule has 0 saturated carbocycles. The van der Waals surface area contributed by atoms with Crippen LogP contribution in [0.15, 0.2) is 25.3 Å². The van der Waals surface area contributed by atoms with Crippen LogP contribution >= 0.6 is 0 Å². The SMILES string of the molecule is C=CCC(C)(N)C=C. The van der Waals surface area contributed by atoms with E-state index in [0.717, 1.165) is 6.42 Å². The summed E-state index contributed by atoms with van der Waals surface area (Å²) in [4.78, 5) is 0. The summed E-state index contributed by atoms with van der Waals surface area (Å²) >= 11 is 0. The molecule has 0 aromatic heterocycles. The van der Waals surface area contributed by atoms with Crippen molar-refractivity contribution in [2.45, 2.75) is 18.9 Å². The van der Waals surface area contributed by atoms with E-state index in [-0.39, 0.29) is 5.54 Å². The van der Waals surface area contributed by atoms with Gasteiger partial charge in [0, 0.05) is 5.54 Å². The number of rotatable bonds is 3. The first-order chi connectivity index (χ1) is 3.62. The lowest BCUT2D eigenvalue weighted by Gasteiger charge is -2.15. The maximum absolute atomic E-state index is 5.64. The van der Waals surface area contributed by atoms with Crippen molar-refractivity contribution >= 4 is 0 Å². The maximum atomic E-state index is 5.64. The molecule has 0 aromatic carbocycles. The third-order valence-corrected chi connectivity index (χ3v) is 1.05. The molecule has 46 valence electrons. The zero-order valence-corrected chi connectivity index (χ0v) is 5.35. The summed E-state index contributed by atoms with van der Waals surface area (Å²) in [6, 6.07) is 0. The minimum Gasteiger partial charge on any atom is -0.322 e. The highest BCUT2D eigenvalue weighted by Gasteiger charge is 2.08. The quantitative estimate of drug-likeness (QED) is 0.548. The highest BCUT2D eigenvalue weighted by Crippen LogP contribution is 2.05. The second kappa shape index (κ2) is 2.68. The van der Waals surface area contributed by atoms with E-state index in [2.05, 4.69) is 13.2 Å². The summed E-state index contributed by atoms with van der Waals surface area (Å²) < 4.78 is 0. The second-order valence-corrected chi connectivity index (χ2v) is 2.20. The third kappa shape index (κ3) is 2.59. The summed E-state index contributed by atoms with van der Waals surface area (Å²) in [5, 5.41) is 0. The molecule has 0 aliphatic rings. The van der Waals surface area contributed by atoms with Crippen molar-refractivity contribution in [1.82, 2.24) is 0 Å². The topological polar surface area (TPSA) is 26.0 Å². The number of hydrogen-bond donors (Lipinski definition) is 1. The molecule has 8 heavy (non-hydrogen) atoms. The van der Waals surface area contributed by atoms with Gasteiger partial charge in [-0.25, -0.2) is 0 Å². The van der Waals surface area contributed by atoms with Gasteiger partial charge in [0.15, 0.2) is 0 Å². The van der Waals surface area contributed by atoms with Gasteiger partial charge in [0.1, 0.15) is 0 Å². The Morgan fingerprint density at radius 3 is 2.25 bits per heavy atom.